The van der Waals surface area contributed by atoms with Gasteiger partial charge in [-0.1, -0.05) is 0 Å². The lowest BCUT2D eigenvalue weighted by Crippen LogP contribution is -2.34. The van der Waals surface area contributed by atoms with Crippen LogP contribution in [0.15, 0.2) is 0 Å². The first kappa shape index (κ1) is 12.0. The van der Waals surface area contributed by atoms with E-state index >= 15 is 0 Å². The number of aliphatic hydroxyl groups excluding tert-OH is 1. The van der Waals surface area contributed by atoms with E-state index < -0.39 is 0 Å². The third kappa shape index (κ3) is 5.58. The van der Waals surface area contributed by atoms with Crippen molar-refractivity contribution in [1.29, 1.82) is 0 Å². The SMILES string of the molecule is CC(O)CCCNCC1CCNCC1. The summed E-state index contributed by atoms with van der Waals surface area (Å²) in [5.74, 6) is 0.864. The average molecular weight is 200 g/mol. The van der Waals surface area contributed by atoms with E-state index in [1.807, 2.05) is 6.92 Å². The number of hydrogen-bond acceptors (Lipinski definition) is 3. The lowest BCUT2D eigenvalue weighted by Gasteiger charge is -2.22. The molecule has 1 aliphatic heterocycles. The fourth-order valence-corrected chi connectivity index (χ4v) is 1.91. The standard InChI is InChI=1S/C11H24N2O/c1-10(14)3-2-6-13-9-11-4-7-12-8-5-11/h10-14H,2-9H2,1H3. The highest BCUT2D eigenvalue weighted by Gasteiger charge is 2.11. The largest absolute Gasteiger partial charge is 0.393 e. The zero-order valence-electron chi connectivity index (χ0n) is 9.26. The van der Waals surface area contributed by atoms with Gasteiger partial charge in [-0.15, -0.1) is 0 Å². The summed E-state index contributed by atoms with van der Waals surface area (Å²) in [6.45, 7) is 6.42. The summed E-state index contributed by atoms with van der Waals surface area (Å²) in [6, 6.07) is 0. The summed E-state index contributed by atoms with van der Waals surface area (Å²) in [5.41, 5.74) is 0. The van der Waals surface area contributed by atoms with Gasteiger partial charge in [0.05, 0.1) is 6.10 Å². The minimum Gasteiger partial charge on any atom is -0.393 e. The second-order valence-corrected chi connectivity index (χ2v) is 4.39. The molecule has 1 aliphatic rings. The lowest BCUT2D eigenvalue weighted by molar-refractivity contribution is 0.181. The van der Waals surface area contributed by atoms with Crippen LogP contribution in [0.3, 0.4) is 0 Å². The van der Waals surface area contributed by atoms with E-state index in [2.05, 4.69) is 10.6 Å². The Morgan fingerprint density at radius 3 is 2.79 bits per heavy atom. The van der Waals surface area contributed by atoms with Crippen molar-refractivity contribution in [1.82, 2.24) is 10.6 Å². The minimum absolute atomic E-state index is 0.143. The first-order chi connectivity index (χ1) is 6.79. The maximum absolute atomic E-state index is 9.06. The van der Waals surface area contributed by atoms with Gasteiger partial charge >= 0.3 is 0 Å². The summed E-state index contributed by atoms with van der Waals surface area (Å²) < 4.78 is 0. The quantitative estimate of drug-likeness (QED) is 0.554. The van der Waals surface area contributed by atoms with Gasteiger partial charge in [-0.25, -0.2) is 0 Å². The molecule has 1 saturated heterocycles. The molecule has 1 atom stereocenters. The molecule has 3 nitrogen and oxygen atoms in total. The van der Waals surface area contributed by atoms with Crippen LogP contribution in [0, 0.1) is 5.92 Å². The Labute approximate surface area is 87.3 Å². The van der Waals surface area contributed by atoms with Crippen molar-refractivity contribution in [3.05, 3.63) is 0 Å². The van der Waals surface area contributed by atoms with Gasteiger partial charge in [0.25, 0.3) is 0 Å². The molecule has 0 bridgehead atoms. The monoisotopic (exact) mass is 200 g/mol. The van der Waals surface area contributed by atoms with Crippen LogP contribution >= 0.6 is 0 Å². The van der Waals surface area contributed by atoms with Crippen molar-refractivity contribution in [2.24, 2.45) is 5.92 Å². The summed E-state index contributed by atoms with van der Waals surface area (Å²) in [4.78, 5) is 0. The third-order valence-corrected chi connectivity index (χ3v) is 2.87. The second kappa shape index (κ2) is 7.21. The Kier molecular flexibility index (Phi) is 6.15. The van der Waals surface area contributed by atoms with Crippen LogP contribution in [0.1, 0.15) is 32.6 Å². The molecule has 1 rings (SSSR count). The molecule has 84 valence electrons. The van der Waals surface area contributed by atoms with E-state index in [-0.39, 0.29) is 6.10 Å². The lowest BCUT2D eigenvalue weighted by atomic mass is 9.98. The van der Waals surface area contributed by atoms with Crippen LogP contribution in [0.25, 0.3) is 0 Å². The average Bonchev–Trinajstić information content (AvgIpc) is 2.18. The van der Waals surface area contributed by atoms with E-state index in [0.717, 1.165) is 31.8 Å². The van der Waals surface area contributed by atoms with Gasteiger partial charge < -0.3 is 15.7 Å². The Morgan fingerprint density at radius 2 is 2.14 bits per heavy atom. The molecule has 0 radical (unpaired) electrons. The van der Waals surface area contributed by atoms with E-state index in [1.165, 1.54) is 25.9 Å². The van der Waals surface area contributed by atoms with Crippen molar-refractivity contribution < 1.29 is 5.11 Å². The van der Waals surface area contributed by atoms with Gasteiger partial charge in [0.15, 0.2) is 0 Å². The molecule has 0 aromatic heterocycles. The highest BCUT2D eigenvalue weighted by Crippen LogP contribution is 2.09. The predicted molar refractivity (Wildman–Crippen MR) is 59.4 cm³/mol. The molecular formula is C11H24N2O. The van der Waals surface area contributed by atoms with Crippen LogP contribution in [-0.4, -0.2) is 37.4 Å². The first-order valence-corrected chi connectivity index (χ1v) is 5.88. The molecule has 3 heteroatoms. The van der Waals surface area contributed by atoms with Crippen molar-refractivity contribution in [2.45, 2.75) is 38.7 Å². The van der Waals surface area contributed by atoms with Crippen LogP contribution in [-0.2, 0) is 0 Å². The van der Waals surface area contributed by atoms with Crippen molar-refractivity contribution in [3.8, 4) is 0 Å². The van der Waals surface area contributed by atoms with Gasteiger partial charge in [0.2, 0.25) is 0 Å². The van der Waals surface area contributed by atoms with Crippen molar-refractivity contribution >= 4 is 0 Å². The first-order valence-electron chi connectivity index (χ1n) is 5.88. The van der Waals surface area contributed by atoms with Crippen molar-refractivity contribution in [3.63, 3.8) is 0 Å². The van der Waals surface area contributed by atoms with Gasteiger partial charge in [-0.05, 0) is 64.7 Å². The molecule has 3 N–H and O–H groups in total. The highest BCUT2D eigenvalue weighted by molar-refractivity contribution is 4.70. The fourth-order valence-electron chi connectivity index (χ4n) is 1.91. The summed E-state index contributed by atoms with van der Waals surface area (Å²) >= 11 is 0. The Hall–Kier alpha value is -0.120. The molecule has 1 heterocycles. The maximum Gasteiger partial charge on any atom is 0.0512 e. The summed E-state index contributed by atoms with van der Waals surface area (Å²) in [7, 11) is 0. The minimum atomic E-state index is -0.143. The molecule has 0 amide bonds. The topological polar surface area (TPSA) is 44.3 Å². The van der Waals surface area contributed by atoms with Crippen LogP contribution < -0.4 is 10.6 Å². The number of aliphatic hydroxyl groups is 1. The Morgan fingerprint density at radius 1 is 1.43 bits per heavy atom. The van der Waals surface area contributed by atoms with E-state index in [9.17, 15) is 0 Å². The molecule has 0 aliphatic carbocycles. The highest BCUT2D eigenvalue weighted by atomic mass is 16.3. The number of rotatable bonds is 6. The van der Waals surface area contributed by atoms with E-state index in [1.54, 1.807) is 0 Å². The van der Waals surface area contributed by atoms with Crippen molar-refractivity contribution in [2.75, 3.05) is 26.2 Å². The van der Waals surface area contributed by atoms with Crippen LogP contribution in [0.4, 0.5) is 0 Å². The molecule has 0 spiro atoms. The number of nitrogens with one attached hydrogen (secondary N) is 2. The van der Waals surface area contributed by atoms with Gasteiger partial charge in [0, 0.05) is 0 Å². The summed E-state index contributed by atoms with van der Waals surface area (Å²) in [6.07, 6.45) is 4.48. The second-order valence-electron chi connectivity index (χ2n) is 4.39. The van der Waals surface area contributed by atoms with Gasteiger partial charge in [-0.3, -0.25) is 0 Å². The molecular weight excluding hydrogens is 176 g/mol. The van der Waals surface area contributed by atoms with Crippen LogP contribution in [0.5, 0.6) is 0 Å². The number of hydrogen-bond donors (Lipinski definition) is 3. The van der Waals surface area contributed by atoms with E-state index in [4.69, 9.17) is 5.11 Å². The molecule has 1 unspecified atom stereocenters. The zero-order chi connectivity index (χ0) is 10.2. The molecule has 14 heavy (non-hydrogen) atoms. The van der Waals surface area contributed by atoms with Gasteiger partial charge in [0.1, 0.15) is 0 Å². The van der Waals surface area contributed by atoms with E-state index in [0.29, 0.717) is 0 Å². The number of piperidine rings is 1. The molecule has 0 aromatic carbocycles. The zero-order valence-corrected chi connectivity index (χ0v) is 9.26. The predicted octanol–water partition coefficient (Wildman–Crippen LogP) is 0.737. The van der Waals surface area contributed by atoms with Gasteiger partial charge in [-0.2, -0.15) is 0 Å². The Balaban J connectivity index is 1.87. The summed E-state index contributed by atoms with van der Waals surface area (Å²) in [5, 5.41) is 15.9. The fraction of sp³-hybridized carbons (Fsp3) is 1.00. The maximum atomic E-state index is 9.06. The third-order valence-electron chi connectivity index (χ3n) is 2.87. The normalized spacial score (nSPS) is 21.0. The molecule has 0 saturated carbocycles. The van der Waals surface area contributed by atoms with Crippen LogP contribution in [0.2, 0.25) is 0 Å². The molecule has 0 aromatic rings. The molecule has 1 fully saturated rings. The Bertz CT molecular complexity index is 133. The smallest absolute Gasteiger partial charge is 0.0512 e.